The molecule has 2 aromatic carbocycles. The van der Waals surface area contributed by atoms with E-state index < -0.39 is 0 Å². The Kier molecular flexibility index (Phi) is 2.36. The van der Waals surface area contributed by atoms with Crippen molar-refractivity contribution in [2.75, 3.05) is 0 Å². The minimum Gasteiger partial charge on any atom is -0.0773 e. The molecule has 0 nitrogen and oxygen atoms in total. The van der Waals surface area contributed by atoms with Crippen molar-refractivity contribution in [2.45, 2.75) is 13.8 Å². The maximum Gasteiger partial charge on any atom is -0.00752 e. The van der Waals surface area contributed by atoms with Crippen molar-refractivity contribution in [3.63, 3.8) is 0 Å². The number of hydrogen-bond acceptors (Lipinski definition) is 0. The van der Waals surface area contributed by atoms with E-state index in [4.69, 9.17) is 0 Å². The van der Waals surface area contributed by atoms with Crippen molar-refractivity contribution in [1.82, 2.24) is 0 Å². The first kappa shape index (κ1) is 10.3. The van der Waals surface area contributed by atoms with Crippen molar-refractivity contribution in [3.8, 4) is 0 Å². The molecule has 0 amide bonds. The predicted molar refractivity (Wildman–Crippen MR) is 75.9 cm³/mol. The SMILES string of the molecule is Cc1c2c(cc3ccccc13)C=CC(C)C=C2. The third-order valence-electron chi connectivity index (χ3n) is 3.54. The van der Waals surface area contributed by atoms with E-state index in [9.17, 15) is 0 Å². The summed E-state index contributed by atoms with van der Waals surface area (Å²) < 4.78 is 0. The summed E-state index contributed by atoms with van der Waals surface area (Å²) in [6.07, 6.45) is 9.04. The van der Waals surface area contributed by atoms with Gasteiger partial charge in [0, 0.05) is 0 Å². The number of benzene rings is 2. The molecule has 0 aliphatic heterocycles. The van der Waals surface area contributed by atoms with Gasteiger partial charge in [0.05, 0.1) is 0 Å². The van der Waals surface area contributed by atoms with Crippen molar-refractivity contribution < 1.29 is 0 Å². The predicted octanol–water partition coefficient (Wildman–Crippen LogP) is 4.82. The van der Waals surface area contributed by atoms with Crippen molar-refractivity contribution in [1.29, 1.82) is 0 Å². The molecule has 3 rings (SSSR count). The lowest BCUT2D eigenvalue weighted by Crippen LogP contribution is -1.88. The van der Waals surface area contributed by atoms with Gasteiger partial charge in [-0.3, -0.25) is 0 Å². The number of rotatable bonds is 0. The highest BCUT2D eigenvalue weighted by Crippen LogP contribution is 2.29. The molecule has 1 aliphatic rings. The first-order valence-electron chi connectivity index (χ1n) is 6.14. The van der Waals surface area contributed by atoms with Crippen LogP contribution in [0.25, 0.3) is 22.9 Å². The molecule has 1 atom stereocenters. The Balaban J connectivity index is 2.37. The van der Waals surface area contributed by atoms with Gasteiger partial charge < -0.3 is 0 Å². The highest BCUT2D eigenvalue weighted by Gasteiger charge is 2.08. The molecule has 17 heavy (non-hydrogen) atoms. The van der Waals surface area contributed by atoms with Gasteiger partial charge in [0.1, 0.15) is 0 Å². The first-order valence-corrected chi connectivity index (χ1v) is 6.14. The van der Waals surface area contributed by atoms with Crippen molar-refractivity contribution in [2.24, 2.45) is 5.92 Å². The molecule has 2 aromatic rings. The molecule has 0 radical (unpaired) electrons. The van der Waals surface area contributed by atoms with E-state index in [1.165, 1.54) is 27.5 Å². The van der Waals surface area contributed by atoms with Gasteiger partial charge in [-0.15, -0.1) is 0 Å². The summed E-state index contributed by atoms with van der Waals surface area (Å²) in [7, 11) is 0. The van der Waals surface area contributed by atoms with Crippen LogP contribution in [-0.4, -0.2) is 0 Å². The Bertz CT molecular complexity index is 630. The summed E-state index contributed by atoms with van der Waals surface area (Å²) in [5.41, 5.74) is 4.08. The molecule has 84 valence electrons. The van der Waals surface area contributed by atoms with E-state index in [1.807, 2.05) is 0 Å². The molecule has 0 spiro atoms. The molecule has 0 saturated heterocycles. The van der Waals surface area contributed by atoms with Crippen LogP contribution in [0.5, 0.6) is 0 Å². The van der Waals surface area contributed by atoms with Gasteiger partial charge in [-0.25, -0.2) is 0 Å². The zero-order valence-electron chi connectivity index (χ0n) is 10.3. The van der Waals surface area contributed by atoms with Crippen LogP contribution in [0.4, 0.5) is 0 Å². The summed E-state index contributed by atoms with van der Waals surface area (Å²) in [6, 6.07) is 10.9. The lowest BCUT2D eigenvalue weighted by molar-refractivity contribution is 0.954. The normalized spacial score (nSPS) is 18.1. The van der Waals surface area contributed by atoms with Gasteiger partial charge >= 0.3 is 0 Å². The Labute approximate surface area is 102 Å². The molecule has 0 N–H and O–H groups in total. The zero-order chi connectivity index (χ0) is 11.8. The molecular formula is C17H16. The van der Waals surface area contributed by atoms with Crippen LogP contribution in [0.1, 0.15) is 23.6 Å². The van der Waals surface area contributed by atoms with Crippen LogP contribution >= 0.6 is 0 Å². The van der Waals surface area contributed by atoms with E-state index >= 15 is 0 Å². The average Bonchev–Trinajstić information content (AvgIpc) is 2.53. The third-order valence-corrected chi connectivity index (χ3v) is 3.54. The maximum absolute atomic E-state index is 2.29. The lowest BCUT2D eigenvalue weighted by atomic mass is 9.95. The van der Waals surface area contributed by atoms with E-state index in [1.54, 1.807) is 0 Å². The number of allylic oxidation sites excluding steroid dienone is 2. The van der Waals surface area contributed by atoms with E-state index in [2.05, 4.69) is 68.5 Å². The van der Waals surface area contributed by atoms with Crippen LogP contribution in [0.15, 0.2) is 42.5 Å². The summed E-state index contributed by atoms with van der Waals surface area (Å²) in [5.74, 6) is 0.518. The Morgan fingerprint density at radius 1 is 1.00 bits per heavy atom. The molecule has 0 saturated carbocycles. The second-order valence-corrected chi connectivity index (χ2v) is 4.80. The molecule has 0 aromatic heterocycles. The summed E-state index contributed by atoms with van der Waals surface area (Å²) >= 11 is 0. The minimum atomic E-state index is 0.518. The average molecular weight is 220 g/mol. The third kappa shape index (κ3) is 1.70. The molecule has 0 heteroatoms. The van der Waals surface area contributed by atoms with Crippen LogP contribution in [-0.2, 0) is 0 Å². The van der Waals surface area contributed by atoms with Crippen LogP contribution in [0, 0.1) is 12.8 Å². The van der Waals surface area contributed by atoms with E-state index in [-0.39, 0.29) is 0 Å². The highest BCUT2D eigenvalue weighted by molar-refractivity contribution is 5.92. The largest absolute Gasteiger partial charge is 0.0773 e. The molecule has 0 bridgehead atoms. The Morgan fingerprint density at radius 3 is 2.65 bits per heavy atom. The molecule has 1 unspecified atom stereocenters. The fourth-order valence-electron chi connectivity index (χ4n) is 2.50. The van der Waals surface area contributed by atoms with E-state index in [0.29, 0.717) is 5.92 Å². The topological polar surface area (TPSA) is 0 Å². The second kappa shape index (κ2) is 3.89. The smallest absolute Gasteiger partial charge is 0.00752 e. The quantitative estimate of drug-likeness (QED) is 0.597. The second-order valence-electron chi connectivity index (χ2n) is 4.80. The summed E-state index contributed by atoms with van der Waals surface area (Å²) in [4.78, 5) is 0. The maximum atomic E-state index is 2.29. The lowest BCUT2D eigenvalue weighted by Gasteiger charge is -2.09. The monoisotopic (exact) mass is 220 g/mol. The Morgan fingerprint density at radius 2 is 1.76 bits per heavy atom. The minimum absolute atomic E-state index is 0.518. The molecule has 0 fully saturated rings. The van der Waals surface area contributed by atoms with Crippen LogP contribution in [0.2, 0.25) is 0 Å². The van der Waals surface area contributed by atoms with Gasteiger partial charge in [-0.2, -0.15) is 0 Å². The number of aryl methyl sites for hydroxylation is 1. The fraction of sp³-hybridized carbons (Fsp3) is 0.176. The summed E-state index contributed by atoms with van der Waals surface area (Å²) in [6.45, 7) is 4.43. The van der Waals surface area contributed by atoms with Gasteiger partial charge in [-0.1, -0.05) is 55.5 Å². The van der Waals surface area contributed by atoms with Crippen molar-refractivity contribution >= 4 is 22.9 Å². The molecule has 1 aliphatic carbocycles. The van der Waals surface area contributed by atoms with Crippen LogP contribution < -0.4 is 0 Å². The first-order chi connectivity index (χ1) is 8.25. The van der Waals surface area contributed by atoms with E-state index in [0.717, 1.165) is 0 Å². The zero-order valence-corrected chi connectivity index (χ0v) is 10.3. The Hall–Kier alpha value is -1.82. The van der Waals surface area contributed by atoms with Gasteiger partial charge in [-0.05, 0) is 46.4 Å². The summed E-state index contributed by atoms with van der Waals surface area (Å²) in [5, 5.41) is 2.69. The highest BCUT2D eigenvalue weighted by atomic mass is 14.1. The number of hydrogen-bond donors (Lipinski definition) is 0. The fourth-order valence-corrected chi connectivity index (χ4v) is 2.50. The van der Waals surface area contributed by atoms with Gasteiger partial charge in [0.15, 0.2) is 0 Å². The van der Waals surface area contributed by atoms with Crippen molar-refractivity contribution in [3.05, 3.63) is 59.2 Å². The van der Waals surface area contributed by atoms with Gasteiger partial charge in [0.2, 0.25) is 0 Å². The number of fused-ring (bicyclic) bond motifs is 2. The molecule has 0 heterocycles. The molecular weight excluding hydrogens is 204 g/mol. The van der Waals surface area contributed by atoms with Crippen LogP contribution in [0.3, 0.4) is 0 Å². The standard InChI is InChI=1S/C17H16/c1-12-7-9-15-11-14-5-3-4-6-16(14)13(2)17(15)10-8-12/h3-12H,1-2H3. The van der Waals surface area contributed by atoms with Gasteiger partial charge in [0.25, 0.3) is 0 Å².